The maximum atomic E-state index is 12.6. The fourth-order valence-corrected chi connectivity index (χ4v) is 3.25. The number of hydrogen-bond acceptors (Lipinski definition) is 4. The van der Waals surface area contributed by atoms with Crippen molar-refractivity contribution in [1.82, 2.24) is 15.1 Å². The Morgan fingerprint density at radius 3 is 2.88 bits per heavy atom. The van der Waals surface area contributed by atoms with Gasteiger partial charge in [0.2, 0.25) is 11.8 Å². The number of benzene rings is 1. The van der Waals surface area contributed by atoms with Gasteiger partial charge in [-0.25, -0.2) is 4.79 Å². The summed E-state index contributed by atoms with van der Waals surface area (Å²) in [5.74, 6) is 1.43. The smallest absolute Gasteiger partial charge is 0.321 e. The van der Waals surface area contributed by atoms with Crippen LogP contribution in [-0.2, 0) is 6.42 Å². The molecule has 0 radical (unpaired) electrons. The van der Waals surface area contributed by atoms with E-state index >= 15 is 0 Å². The van der Waals surface area contributed by atoms with E-state index in [2.05, 4.69) is 36.3 Å². The predicted molar refractivity (Wildman–Crippen MR) is 101 cm³/mol. The molecule has 1 fully saturated rings. The molecular formula is C20H28N4O2. The molecule has 2 heterocycles. The topological polar surface area (TPSA) is 71.3 Å². The molecule has 1 aromatic heterocycles. The molecule has 26 heavy (non-hydrogen) atoms. The van der Waals surface area contributed by atoms with Crippen molar-refractivity contribution in [3.8, 4) is 0 Å². The number of nitrogens with one attached hydrogen (secondary N) is 1. The Morgan fingerprint density at radius 2 is 2.15 bits per heavy atom. The number of nitrogens with zero attached hydrogens (tertiary/aromatic N) is 3. The molecule has 0 saturated carbocycles. The van der Waals surface area contributed by atoms with E-state index < -0.39 is 0 Å². The summed E-state index contributed by atoms with van der Waals surface area (Å²) in [4.78, 5) is 14.4. The van der Waals surface area contributed by atoms with Crippen LogP contribution in [0.3, 0.4) is 0 Å². The lowest BCUT2D eigenvalue weighted by Crippen LogP contribution is -2.41. The lowest BCUT2D eigenvalue weighted by Gasteiger charge is -2.31. The molecule has 1 saturated heterocycles. The lowest BCUT2D eigenvalue weighted by atomic mass is 9.92. The van der Waals surface area contributed by atoms with Gasteiger partial charge in [-0.1, -0.05) is 32.9 Å². The van der Waals surface area contributed by atoms with Crippen LogP contribution in [0.4, 0.5) is 10.5 Å². The van der Waals surface area contributed by atoms with Gasteiger partial charge in [-0.15, -0.1) is 10.2 Å². The highest BCUT2D eigenvalue weighted by atomic mass is 16.4. The van der Waals surface area contributed by atoms with E-state index in [1.807, 2.05) is 36.1 Å². The summed E-state index contributed by atoms with van der Waals surface area (Å²) in [6.45, 7) is 9.81. The average Bonchev–Trinajstić information content (AvgIpc) is 3.01. The second-order valence-electron chi connectivity index (χ2n) is 8.36. The highest BCUT2D eigenvalue weighted by Gasteiger charge is 2.29. The summed E-state index contributed by atoms with van der Waals surface area (Å²) in [6.07, 6.45) is 2.65. The van der Waals surface area contributed by atoms with Crippen molar-refractivity contribution in [2.45, 2.75) is 52.9 Å². The molecule has 6 heteroatoms. The third kappa shape index (κ3) is 4.84. The number of aryl methyl sites for hydroxylation is 1. The van der Waals surface area contributed by atoms with Gasteiger partial charge < -0.3 is 14.6 Å². The van der Waals surface area contributed by atoms with Gasteiger partial charge in [0.15, 0.2) is 0 Å². The highest BCUT2D eigenvalue weighted by Crippen LogP contribution is 2.28. The van der Waals surface area contributed by atoms with Gasteiger partial charge in [-0.05, 0) is 42.9 Å². The van der Waals surface area contributed by atoms with E-state index in [-0.39, 0.29) is 17.4 Å². The van der Waals surface area contributed by atoms with Crippen molar-refractivity contribution in [3.05, 3.63) is 41.6 Å². The summed E-state index contributed by atoms with van der Waals surface area (Å²) in [7, 11) is 0. The van der Waals surface area contributed by atoms with E-state index in [0.717, 1.165) is 37.1 Å². The van der Waals surface area contributed by atoms with Gasteiger partial charge in [-0.3, -0.25) is 0 Å². The predicted octanol–water partition coefficient (Wildman–Crippen LogP) is 4.38. The molecule has 1 atom stereocenters. The SMILES string of the molecule is Cc1cccc(NC(=O)N2CCCC(c3nnc(CC(C)(C)C)o3)C2)c1. The monoisotopic (exact) mass is 356 g/mol. The second-order valence-corrected chi connectivity index (χ2v) is 8.36. The van der Waals surface area contributed by atoms with Crippen molar-refractivity contribution >= 4 is 11.7 Å². The Kier molecular flexibility index (Phi) is 5.30. The zero-order chi connectivity index (χ0) is 18.7. The first kappa shape index (κ1) is 18.4. The summed E-state index contributed by atoms with van der Waals surface area (Å²) in [5, 5.41) is 11.4. The minimum Gasteiger partial charge on any atom is -0.425 e. The summed E-state index contributed by atoms with van der Waals surface area (Å²) in [6, 6.07) is 7.75. The normalized spacial score (nSPS) is 18.0. The Morgan fingerprint density at radius 1 is 1.35 bits per heavy atom. The van der Waals surface area contributed by atoms with Gasteiger partial charge in [0, 0.05) is 25.2 Å². The van der Waals surface area contributed by atoms with E-state index in [1.54, 1.807) is 0 Å². The van der Waals surface area contributed by atoms with Crippen molar-refractivity contribution in [2.75, 3.05) is 18.4 Å². The molecule has 1 unspecified atom stereocenters. The summed E-state index contributed by atoms with van der Waals surface area (Å²) in [5.41, 5.74) is 2.05. The largest absolute Gasteiger partial charge is 0.425 e. The van der Waals surface area contributed by atoms with E-state index in [4.69, 9.17) is 4.42 Å². The fourth-order valence-electron chi connectivity index (χ4n) is 3.25. The van der Waals surface area contributed by atoms with E-state index in [9.17, 15) is 4.79 Å². The quantitative estimate of drug-likeness (QED) is 0.886. The van der Waals surface area contributed by atoms with Crippen LogP contribution in [-0.4, -0.2) is 34.2 Å². The van der Waals surface area contributed by atoms with Crippen molar-refractivity contribution < 1.29 is 9.21 Å². The first-order valence-electron chi connectivity index (χ1n) is 9.25. The maximum absolute atomic E-state index is 12.6. The number of urea groups is 1. The molecule has 1 N–H and O–H groups in total. The Hall–Kier alpha value is -2.37. The van der Waals surface area contributed by atoms with E-state index in [0.29, 0.717) is 18.3 Å². The highest BCUT2D eigenvalue weighted by molar-refractivity contribution is 5.89. The molecule has 2 aromatic rings. The number of amides is 2. The fraction of sp³-hybridized carbons (Fsp3) is 0.550. The van der Waals surface area contributed by atoms with Gasteiger partial charge in [0.05, 0.1) is 5.92 Å². The third-order valence-corrected chi connectivity index (χ3v) is 4.49. The molecule has 1 aromatic carbocycles. The summed E-state index contributed by atoms with van der Waals surface area (Å²) < 4.78 is 5.88. The Labute approximate surface area is 155 Å². The lowest BCUT2D eigenvalue weighted by molar-refractivity contribution is 0.186. The maximum Gasteiger partial charge on any atom is 0.321 e. The molecular weight excluding hydrogens is 328 g/mol. The number of aromatic nitrogens is 2. The number of carbonyl (C=O) groups excluding carboxylic acids is 1. The Bertz CT molecular complexity index is 763. The average molecular weight is 356 g/mol. The first-order valence-corrected chi connectivity index (χ1v) is 9.25. The number of piperidine rings is 1. The molecule has 0 spiro atoms. The van der Waals surface area contributed by atoms with Gasteiger partial charge >= 0.3 is 6.03 Å². The third-order valence-electron chi connectivity index (χ3n) is 4.49. The van der Waals surface area contributed by atoms with Crippen LogP contribution in [0.1, 0.15) is 56.9 Å². The van der Waals surface area contributed by atoms with Crippen LogP contribution in [0.15, 0.2) is 28.7 Å². The van der Waals surface area contributed by atoms with Crippen molar-refractivity contribution in [3.63, 3.8) is 0 Å². The molecule has 0 aliphatic carbocycles. The van der Waals surface area contributed by atoms with Crippen LogP contribution in [0.5, 0.6) is 0 Å². The number of carbonyl (C=O) groups is 1. The van der Waals surface area contributed by atoms with Gasteiger partial charge in [-0.2, -0.15) is 0 Å². The van der Waals surface area contributed by atoms with Gasteiger partial charge in [0.25, 0.3) is 0 Å². The minimum absolute atomic E-state index is 0.0743. The van der Waals surface area contributed by atoms with Crippen LogP contribution in [0, 0.1) is 12.3 Å². The van der Waals surface area contributed by atoms with Crippen molar-refractivity contribution in [1.29, 1.82) is 0 Å². The second kappa shape index (κ2) is 7.48. The van der Waals surface area contributed by atoms with Crippen LogP contribution < -0.4 is 5.32 Å². The van der Waals surface area contributed by atoms with Crippen molar-refractivity contribution in [2.24, 2.45) is 5.41 Å². The van der Waals surface area contributed by atoms with Gasteiger partial charge in [0.1, 0.15) is 0 Å². The number of rotatable bonds is 3. The molecule has 0 bridgehead atoms. The number of likely N-dealkylation sites (tertiary alicyclic amines) is 1. The van der Waals surface area contributed by atoms with E-state index in [1.165, 1.54) is 0 Å². The van der Waals surface area contributed by atoms with Crippen LogP contribution in [0.25, 0.3) is 0 Å². The minimum atomic E-state index is -0.0743. The standard InChI is InChI=1S/C20H28N4O2/c1-14-7-5-9-16(11-14)21-19(25)24-10-6-8-15(13-24)18-23-22-17(26-18)12-20(2,3)4/h5,7,9,11,15H,6,8,10,12-13H2,1-4H3,(H,21,25). The zero-order valence-electron chi connectivity index (χ0n) is 16.1. The molecule has 140 valence electrons. The molecule has 3 rings (SSSR count). The summed E-state index contributed by atoms with van der Waals surface area (Å²) >= 11 is 0. The van der Waals surface area contributed by atoms with Crippen LogP contribution in [0.2, 0.25) is 0 Å². The van der Waals surface area contributed by atoms with Crippen LogP contribution >= 0.6 is 0 Å². The molecule has 1 aliphatic heterocycles. The molecule has 1 aliphatic rings. The molecule has 6 nitrogen and oxygen atoms in total. The number of hydrogen-bond donors (Lipinski definition) is 1. The molecule has 2 amide bonds. The zero-order valence-corrected chi connectivity index (χ0v) is 16.1. The Balaban J connectivity index is 1.63. The first-order chi connectivity index (χ1) is 12.3. The number of anilines is 1.